The van der Waals surface area contributed by atoms with Gasteiger partial charge in [0.2, 0.25) is 5.91 Å². The molecule has 2 aromatic rings. The highest BCUT2D eigenvalue weighted by Crippen LogP contribution is 2.14. The molecule has 0 unspecified atom stereocenters. The van der Waals surface area contributed by atoms with E-state index in [0.29, 0.717) is 16.3 Å². The highest BCUT2D eigenvalue weighted by molar-refractivity contribution is 6.33. The van der Waals surface area contributed by atoms with Crippen molar-refractivity contribution >= 4 is 23.4 Å². The molecule has 8 heteroatoms. The van der Waals surface area contributed by atoms with Crippen LogP contribution in [-0.4, -0.2) is 34.5 Å². The van der Waals surface area contributed by atoms with Crippen molar-refractivity contribution in [2.75, 3.05) is 13.1 Å². The number of halogens is 1. The van der Waals surface area contributed by atoms with Crippen LogP contribution in [0.5, 0.6) is 0 Å². The van der Waals surface area contributed by atoms with Gasteiger partial charge in [0.05, 0.1) is 10.6 Å². The highest BCUT2D eigenvalue weighted by atomic mass is 35.5. The number of carbonyl (C=O) groups excluding carboxylic acids is 2. The lowest BCUT2D eigenvalue weighted by atomic mass is 10.2. The van der Waals surface area contributed by atoms with E-state index in [2.05, 4.69) is 15.6 Å². The largest absolute Gasteiger partial charge is 0.354 e. The van der Waals surface area contributed by atoms with E-state index in [0.717, 1.165) is 5.69 Å². The van der Waals surface area contributed by atoms with Gasteiger partial charge in [-0.15, -0.1) is 0 Å². The van der Waals surface area contributed by atoms with Crippen LogP contribution in [0.3, 0.4) is 0 Å². The smallest absolute Gasteiger partial charge is 0.347 e. The number of hydrogen-bond acceptors (Lipinski definition) is 4. The van der Waals surface area contributed by atoms with Gasteiger partial charge in [-0.05, 0) is 32.0 Å². The Morgan fingerprint density at radius 3 is 2.54 bits per heavy atom. The third kappa shape index (κ3) is 5.42. The molecule has 0 saturated heterocycles. The molecule has 0 atom stereocenters. The lowest BCUT2D eigenvalue weighted by Crippen LogP contribution is -2.35. The molecule has 1 aromatic heterocycles. The fourth-order valence-corrected chi connectivity index (χ4v) is 2.69. The van der Waals surface area contributed by atoms with Crippen molar-refractivity contribution in [3.05, 3.63) is 62.8 Å². The number of hydrogen-bond donors (Lipinski definition) is 2. The van der Waals surface area contributed by atoms with Crippen molar-refractivity contribution in [3.63, 3.8) is 0 Å². The molecular formula is C18H21ClN4O3. The van der Waals surface area contributed by atoms with Gasteiger partial charge in [0, 0.05) is 37.4 Å². The van der Waals surface area contributed by atoms with Crippen molar-refractivity contribution in [2.24, 2.45) is 0 Å². The van der Waals surface area contributed by atoms with Crippen molar-refractivity contribution in [1.82, 2.24) is 20.2 Å². The van der Waals surface area contributed by atoms with Crippen molar-refractivity contribution in [2.45, 2.75) is 26.8 Å². The fourth-order valence-electron chi connectivity index (χ4n) is 2.47. The summed E-state index contributed by atoms with van der Waals surface area (Å²) in [6.07, 6.45) is 0.157. The van der Waals surface area contributed by atoms with Gasteiger partial charge in [0.15, 0.2) is 0 Å². The molecule has 26 heavy (non-hydrogen) atoms. The number of aromatic nitrogens is 2. The van der Waals surface area contributed by atoms with Crippen LogP contribution in [0.15, 0.2) is 35.1 Å². The summed E-state index contributed by atoms with van der Waals surface area (Å²) in [6.45, 7) is 4.38. The molecule has 0 aliphatic rings. The molecule has 0 spiro atoms. The molecule has 0 fully saturated rings. The molecule has 0 radical (unpaired) electrons. The molecule has 2 rings (SSSR count). The molecule has 138 valence electrons. The van der Waals surface area contributed by atoms with Crippen molar-refractivity contribution < 1.29 is 9.59 Å². The zero-order chi connectivity index (χ0) is 19.1. The molecular weight excluding hydrogens is 356 g/mol. The van der Waals surface area contributed by atoms with E-state index in [9.17, 15) is 14.4 Å². The number of aryl methyl sites for hydroxylation is 2. The molecule has 7 nitrogen and oxygen atoms in total. The van der Waals surface area contributed by atoms with Crippen molar-refractivity contribution in [3.8, 4) is 0 Å². The van der Waals surface area contributed by atoms with E-state index in [1.165, 1.54) is 4.57 Å². The summed E-state index contributed by atoms with van der Waals surface area (Å²) in [5.74, 6) is -0.498. The minimum Gasteiger partial charge on any atom is -0.354 e. The maximum absolute atomic E-state index is 12.0. The predicted octanol–water partition coefficient (Wildman–Crippen LogP) is 1.45. The molecule has 2 amide bonds. The van der Waals surface area contributed by atoms with Crippen molar-refractivity contribution in [1.29, 1.82) is 0 Å². The number of nitrogens with zero attached hydrogens (tertiary/aromatic N) is 2. The number of rotatable bonds is 7. The van der Waals surface area contributed by atoms with Crippen LogP contribution in [-0.2, 0) is 11.3 Å². The van der Waals surface area contributed by atoms with Gasteiger partial charge >= 0.3 is 5.69 Å². The van der Waals surface area contributed by atoms with E-state index in [-0.39, 0.29) is 43.6 Å². The van der Waals surface area contributed by atoms with E-state index in [1.807, 2.05) is 0 Å². The average molecular weight is 377 g/mol. The van der Waals surface area contributed by atoms with E-state index in [4.69, 9.17) is 11.6 Å². The van der Waals surface area contributed by atoms with Gasteiger partial charge in [-0.1, -0.05) is 23.7 Å². The third-order valence-corrected chi connectivity index (χ3v) is 4.09. The summed E-state index contributed by atoms with van der Waals surface area (Å²) in [7, 11) is 0. The molecule has 2 N–H and O–H groups in total. The van der Waals surface area contributed by atoms with Gasteiger partial charge in [0.25, 0.3) is 5.91 Å². The minimum atomic E-state index is -0.359. The highest BCUT2D eigenvalue weighted by Gasteiger charge is 2.09. The quantitative estimate of drug-likeness (QED) is 0.715. The summed E-state index contributed by atoms with van der Waals surface area (Å²) in [5, 5.41) is 5.77. The first-order valence-electron chi connectivity index (χ1n) is 8.23. The average Bonchev–Trinajstić information content (AvgIpc) is 2.58. The van der Waals surface area contributed by atoms with Gasteiger partial charge in [0.1, 0.15) is 0 Å². The van der Waals surface area contributed by atoms with Gasteiger partial charge in [-0.25, -0.2) is 4.79 Å². The third-order valence-electron chi connectivity index (χ3n) is 3.76. The second-order valence-corrected chi connectivity index (χ2v) is 6.22. The van der Waals surface area contributed by atoms with Crippen LogP contribution < -0.4 is 16.3 Å². The zero-order valence-corrected chi connectivity index (χ0v) is 15.5. The Hall–Kier alpha value is -2.67. The first-order chi connectivity index (χ1) is 12.4. The Morgan fingerprint density at radius 1 is 1.15 bits per heavy atom. The maximum atomic E-state index is 12.0. The van der Waals surface area contributed by atoms with Gasteiger partial charge < -0.3 is 10.6 Å². The number of nitrogens with one attached hydrogen (secondary N) is 2. The Morgan fingerprint density at radius 2 is 1.85 bits per heavy atom. The molecule has 1 heterocycles. The molecule has 0 aliphatic heterocycles. The van der Waals surface area contributed by atoms with Crippen LogP contribution in [0.2, 0.25) is 5.02 Å². The Labute approximate surface area is 156 Å². The zero-order valence-electron chi connectivity index (χ0n) is 14.7. The second-order valence-electron chi connectivity index (χ2n) is 5.81. The lowest BCUT2D eigenvalue weighted by molar-refractivity contribution is -0.121. The first-order valence-corrected chi connectivity index (χ1v) is 8.61. The Balaban J connectivity index is 1.74. The van der Waals surface area contributed by atoms with Crippen LogP contribution in [0, 0.1) is 13.8 Å². The minimum absolute atomic E-state index is 0.157. The lowest BCUT2D eigenvalue weighted by Gasteiger charge is -2.10. The van der Waals surface area contributed by atoms with E-state index < -0.39 is 0 Å². The van der Waals surface area contributed by atoms with E-state index >= 15 is 0 Å². The SMILES string of the molecule is Cc1cc(C)n(CCC(=O)NCCNC(=O)c2ccccc2Cl)c(=O)n1. The second kappa shape index (κ2) is 9.15. The van der Waals surface area contributed by atoms with Crippen LogP contribution in [0.1, 0.15) is 28.2 Å². The van der Waals surface area contributed by atoms with Crippen LogP contribution in [0.25, 0.3) is 0 Å². The summed E-state index contributed by atoms with van der Waals surface area (Å²) < 4.78 is 1.46. The van der Waals surface area contributed by atoms with Gasteiger partial charge in [-0.3, -0.25) is 14.2 Å². The monoisotopic (exact) mass is 376 g/mol. The first kappa shape index (κ1) is 19.7. The van der Waals surface area contributed by atoms with Gasteiger partial charge in [-0.2, -0.15) is 4.98 Å². The summed E-state index contributed by atoms with van der Waals surface area (Å²) in [6, 6.07) is 8.54. The molecule has 0 aliphatic carbocycles. The van der Waals surface area contributed by atoms with E-state index in [1.54, 1.807) is 44.2 Å². The predicted molar refractivity (Wildman–Crippen MR) is 99.4 cm³/mol. The molecule has 1 aromatic carbocycles. The Kier molecular flexibility index (Phi) is 6.91. The summed E-state index contributed by atoms with van der Waals surface area (Å²) >= 11 is 5.95. The number of carbonyl (C=O) groups is 2. The molecule has 0 bridgehead atoms. The summed E-state index contributed by atoms with van der Waals surface area (Å²) in [4.78, 5) is 39.6. The number of amides is 2. The fraction of sp³-hybridized carbons (Fsp3) is 0.333. The normalized spacial score (nSPS) is 10.4. The molecule has 0 saturated carbocycles. The van der Waals surface area contributed by atoms with Crippen LogP contribution >= 0.6 is 11.6 Å². The standard InChI is InChI=1S/C18H21ClN4O3/c1-12-11-13(2)23(18(26)22-12)10-7-16(24)20-8-9-21-17(25)14-5-3-4-6-15(14)19/h3-6,11H,7-10H2,1-2H3,(H,20,24)(H,21,25). The maximum Gasteiger partial charge on any atom is 0.347 e. The number of benzene rings is 1. The Bertz CT molecular complexity index is 864. The topological polar surface area (TPSA) is 93.1 Å². The summed E-state index contributed by atoms with van der Waals surface area (Å²) in [5.41, 5.74) is 1.45. The van der Waals surface area contributed by atoms with Crippen LogP contribution in [0.4, 0.5) is 0 Å².